The average molecular weight is 295 g/mol. The predicted molar refractivity (Wildman–Crippen MR) is 73.5 cm³/mol. The van der Waals surface area contributed by atoms with Crippen molar-refractivity contribution in [1.82, 2.24) is 20.4 Å². The fourth-order valence-corrected chi connectivity index (χ4v) is 1.61. The molecule has 0 unspecified atom stereocenters. The van der Waals surface area contributed by atoms with Crippen molar-refractivity contribution in [2.24, 2.45) is 0 Å². The third-order valence-corrected chi connectivity index (χ3v) is 2.88. The van der Waals surface area contributed by atoms with Gasteiger partial charge in [0.25, 0.3) is 5.91 Å². The molecule has 0 saturated heterocycles. The first-order valence-corrected chi connectivity index (χ1v) is 6.61. The van der Waals surface area contributed by atoms with E-state index in [-0.39, 0.29) is 23.6 Å². The fraction of sp³-hybridized carbons (Fsp3) is 0.385. The Hall–Kier alpha value is -1.95. The first kappa shape index (κ1) is 14.5. The molecule has 1 atom stereocenters. The molecule has 6 nitrogen and oxygen atoms in total. The van der Waals surface area contributed by atoms with Gasteiger partial charge in [-0.3, -0.25) is 4.79 Å². The van der Waals surface area contributed by atoms with Crippen LogP contribution >= 0.6 is 11.6 Å². The second kappa shape index (κ2) is 6.00. The molecule has 1 amide bonds. The number of hydrogen-bond acceptors (Lipinski definition) is 5. The molecule has 0 aliphatic carbocycles. The summed E-state index contributed by atoms with van der Waals surface area (Å²) < 4.78 is 5.13. The number of halogens is 1. The Labute approximate surface area is 121 Å². The molecule has 0 aromatic carbocycles. The van der Waals surface area contributed by atoms with Crippen LogP contribution in [0, 0.1) is 0 Å². The maximum atomic E-state index is 12.0. The lowest BCUT2D eigenvalue weighted by molar-refractivity contribution is 0.0927. The second-order valence-corrected chi connectivity index (χ2v) is 5.14. The number of carbonyl (C=O) groups excluding carboxylic acids is 1. The summed E-state index contributed by atoms with van der Waals surface area (Å²) in [7, 11) is 0. The van der Waals surface area contributed by atoms with Crippen LogP contribution in [0.15, 0.2) is 22.9 Å². The average Bonchev–Trinajstić information content (AvgIpc) is 2.89. The molecule has 0 saturated carbocycles. The maximum absolute atomic E-state index is 12.0. The van der Waals surface area contributed by atoms with E-state index in [1.165, 1.54) is 6.20 Å². The van der Waals surface area contributed by atoms with Gasteiger partial charge in [-0.2, -0.15) is 4.98 Å². The van der Waals surface area contributed by atoms with Gasteiger partial charge in [-0.05, 0) is 19.1 Å². The van der Waals surface area contributed by atoms with Gasteiger partial charge in [0, 0.05) is 12.1 Å². The molecule has 2 aromatic rings. The first-order valence-electron chi connectivity index (χ1n) is 6.23. The van der Waals surface area contributed by atoms with Gasteiger partial charge in [0.1, 0.15) is 11.7 Å². The van der Waals surface area contributed by atoms with Crippen LogP contribution < -0.4 is 5.32 Å². The Morgan fingerprint density at radius 3 is 2.65 bits per heavy atom. The van der Waals surface area contributed by atoms with Crippen LogP contribution in [-0.2, 0) is 0 Å². The van der Waals surface area contributed by atoms with E-state index in [1.807, 2.05) is 13.8 Å². The van der Waals surface area contributed by atoms with Gasteiger partial charge in [0.2, 0.25) is 5.89 Å². The van der Waals surface area contributed by atoms with Crippen molar-refractivity contribution in [2.75, 3.05) is 0 Å². The Balaban J connectivity index is 2.04. The quantitative estimate of drug-likeness (QED) is 0.937. The van der Waals surface area contributed by atoms with E-state index in [0.717, 1.165) is 0 Å². The molecule has 0 spiro atoms. The molecule has 0 aliphatic heterocycles. The van der Waals surface area contributed by atoms with Gasteiger partial charge < -0.3 is 9.84 Å². The van der Waals surface area contributed by atoms with Gasteiger partial charge in [0.15, 0.2) is 5.82 Å². The number of nitrogens with one attached hydrogen (secondary N) is 1. The number of amides is 1. The lowest BCUT2D eigenvalue weighted by atomic mass is 10.2. The highest BCUT2D eigenvalue weighted by molar-refractivity contribution is 6.30. The van der Waals surface area contributed by atoms with E-state index in [4.69, 9.17) is 16.1 Å². The monoisotopic (exact) mass is 294 g/mol. The Kier molecular flexibility index (Phi) is 4.34. The molecule has 2 aromatic heterocycles. The van der Waals surface area contributed by atoms with Crippen LogP contribution in [0.25, 0.3) is 0 Å². The van der Waals surface area contributed by atoms with E-state index >= 15 is 0 Å². The molecule has 2 heterocycles. The van der Waals surface area contributed by atoms with E-state index in [2.05, 4.69) is 20.4 Å². The van der Waals surface area contributed by atoms with E-state index in [9.17, 15) is 4.79 Å². The van der Waals surface area contributed by atoms with E-state index < -0.39 is 0 Å². The van der Waals surface area contributed by atoms with Crippen molar-refractivity contribution in [3.05, 3.63) is 40.8 Å². The summed E-state index contributed by atoms with van der Waals surface area (Å²) in [5.74, 6) is 0.841. The van der Waals surface area contributed by atoms with Crippen molar-refractivity contribution in [2.45, 2.75) is 32.7 Å². The largest absolute Gasteiger partial charge is 0.339 e. The van der Waals surface area contributed by atoms with Gasteiger partial charge in [0.05, 0.1) is 5.02 Å². The van der Waals surface area contributed by atoms with Crippen molar-refractivity contribution >= 4 is 17.5 Å². The zero-order chi connectivity index (χ0) is 14.7. The van der Waals surface area contributed by atoms with Gasteiger partial charge >= 0.3 is 0 Å². The Morgan fingerprint density at radius 1 is 1.35 bits per heavy atom. The highest BCUT2D eigenvalue weighted by atomic mass is 35.5. The lowest BCUT2D eigenvalue weighted by Gasteiger charge is -2.09. The van der Waals surface area contributed by atoms with Crippen LogP contribution in [0.3, 0.4) is 0 Å². The number of nitrogens with zero attached hydrogens (tertiary/aromatic N) is 3. The maximum Gasteiger partial charge on any atom is 0.270 e. The van der Waals surface area contributed by atoms with Gasteiger partial charge in [-0.1, -0.05) is 30.6 Å². The first-order chi connectivity index (χ1) is 9.47. The molecule has 106 valence electrons. The molecule has 7 heteroatoms. The van der Waals surface area contributed by atoms with E-state index in [1.54, 1.807) is 19.1 Å². The lowest BCUT2D eigenvalue weighted by Crippen LogP contribution is -2.27. The standard InChI is InChI=1S/C13H15ClN4O2/c1-7(2)11-17-13(20-18-11)8(3)16-12(19)10-5-4-9(14)6-15-10/h4-8H,1-3H3,(H,16,19)/t8-/m1/s1. The minimum atomic E-state index is -0.389. The molecule has 2 rings (SSSR count). The fourth-order valence-electron chi connectivity index (χ4n) is 1.50. The summed E-state index contributed by atoms with van der Waals surface area (Å²) >= 11 is 5.72. The molecule has 0 fully saturated rings. The van der Waals surface area contributed by atoms with Crippen LogP contribution in [0.2, 0.25) is 5.02 Å². The van der Waals surface area contributed by atoms with Crippen LogP contribution in [0.4, 0.5) is 0 Å². The van der Waals surface area contributed by atoms with Crippen molar-refractivity contribution < 1.29 is 9.32 Å². The highest BCUT2D eigenvalue weighted by Crippen LogP contribution is 2.15. The third-order valence-electron chi connectivity index (χ3n) is 2.65. The van der Waals surface area contributed by atoms with E-state index in [0.29, 0.717) is 16.7 Å². The number of hydrogen-bond donors (Lipinski definition) is 1. The van der Waals surface area contributed by atoms with Crippen LogP contribution in [0.1, 0.15) is 54.9 Å². The van der Waals surface area contributed by atoms with Crippen molar-refractivity contribution in [3.8, 4) is 0 Å². The normalized spacial score (nSPS) is 12.4. The molecular weight excluding hydrogens is 280 g/mol. The van der Waals surface area contributed by atoms with Crippen molar-refractivity contribution in [3.63, 3.8) is 0 Å². The summed E-state index contributed by atoms with van der Waals surface area (Å²) in [5, 5.41) is 7.08. The summed E-state index contributed by atoms with van der Waals surface area (Å²) in [4.78, 5) is 20.2. The Morgan fingerprint density at radius 2 is 2.10 bits per heavy atom. The predicted octanol–water partition coefficient (Wildman–Crippen LogP) is 2.73. The zero-order valence-corrected chi connectivity index (χ0v) is 12.2. The molecule has 1 N–H and O–H groups in total. The summed E-state index contributed by atoms with van der Waals surface area (Å²) in [6.45, 7) is 5.70. The van der Waals surface area contributed by atoms with Crippen molar-refractivity contribution in [1.29, 1.82) is 0 Å². The molecule has 0 bridgehead atoms. The minimum absolute atomic E-state index is 0.174. The third kappa shape index (κ3) is 3.33. The number of pyridine rings is 1. The SMILES string of the molecule is CC(C)c1noc([C@@H](C)NC(=O)c2ccc(Cl)cn2)n1. The second-order valence-electron chi connectivity index (χ2n) is 4.70. The van der Waals surface area contributed by atoms with Gasteiger partial charge in [-0.15, -0.1) is 0 Å². The topological polar surface area (TPSA) is 80.9 Å². The Bertz CT molecular complexity index is 595. The summed E-state index contributed by atoms with van der Waals surface area (Å²) in [6.07, 6.45) is 1.42. The number of aromatic nitrogens is 3. The summed E-state index contributed by atoms with van der Waals surface area (Å²) in [6, 6.07) is 2.77. The smallest absolute Gasteiger partial charge is 0.270 e. The molecule has 0 aliphatic rings. The molecule has 20 heavy (non-hydrogen) atoms. The summed E-state index contributed by atoms with van der Waals surface area (Å²) in [5.41, 5.74) is 0.282. The minimum Gasteiger partial charge on any atom is -0.339 e. The number of rotatable bonds is 4. The molecular formula is C13H15ClN4O2. The van der Waals surface area contributed by atoms with Gasteiger partial charge in [-0.25, -0.2) is 4.98 Å². The number of carbonyl (C=O) groups is 1. The molecule has 0 radical (unpaired) electrons. The zero-order valence-electron chi connectivity index (χ0n) is 11.4. The highest BCUT2D eigenvalue weighted by Gasteiger charge is 2.19. The van der Waals surface area contributed by atoms with Crippen LogP contribution in [0.5, 0.6) is 0 Å². The van der Waals surface area contributed by atoms with Crippen LogP contribution in [-0.4, -0.2) is 21.0 Å².